The molecule has 0 spiro atoms. The average Bonchev–Trinajstić information content (AvgIpc) is 2.45. The van der Waals surface area contributed by atoms with Gasteiger partial charge in [0.1, 0.15) is 17.3 Å². The maximum atomic E-state index is 13.3. The zero-order valence-electron chi connectivity index (χ0n) is 12.2. The van der Waals surface area contributed by atoms with Crippen LogP contribution >= 0.6 is 11.6 Å². The maximum absolute atomic E-state index is 13.3. The minimum atomic E-state index is -0.318. The molecule has 0 aliphatic heterocycles. The van der Waals surface area contributed by atoms with Crippen LogP contribution in [0.15, 0.2) is 36.4 Å². The molecule has 0 aromatic heterocycles. The smallest absolute Gasteiger partial charge is 0.133 e. The molecule has 2 nitrogen and oxygen atoms in total. The molecule has 0 heterocycles. The molecule has 0 saturated carbocycles. The number of rotatable bonds is 6. The van der Waals surface area contributed by atoms with Crippen LogP contribution in [0.25, 0.3) is 0 Å². The van der Waals surface area contributed by atoms with E-state index in [1.807, 2.05) is 19.1 Å². The normalized spacial score (nSPS) is 10.7. The molecule has 0 fully saturated rings. The van der Waals surface area contributed by atoms with Crippen molar-refractivity contribution in [3.05, 3.63) is 58.4 Å². The van der Waals surface area contributed by atoms with Crippen molar-refractivity contribution in [2.24, 2.45) is 0 Å². The molecule has 2 aromatic rings. The van der Waals surface area contributed by atoms with E-state index in [0.29, 0.717) is 16.5 Å². The standard InChI is InChI=1S/C17H19ClFNO/c1-3-8-20-11-13-5-7-15(10-16(13)18)21-17-9-14(19)6-4-12(17)2/h4-7,9-10,20H,3,8,11H2,1-2H3. The highest BCUT2D eigenvalue weighted by Crippen LogP contribution is 2.29. The number of halogens is 2. The van der Waals surface area contributed by atoms with Crippen molar-refractivity contribution in [3.8, 4) is 11.5 Å². The zero-order valence-corrected chi connectivity index (χ0v) is 13.0. The van der Waals surface area contributed by atoms with Crippen LogP contribution < -0.4 is 10.1 Å². The second kappa shape index (κ2) is 7.43. The molecule has 0 aliphatic rings. The Balaban J connectivity index is 2.11. The van der Waals surface area contributed by atoms with E-state index in [1.165, 1.54) is 12.1 Å². The third-order valence-corrected chi connectivity index (χ3v) is 3.50. The zero-order chi connectivity index (χ0) is 15.2. The summed E-state index contributed by atoms with van der Waals surface area (Å²) in [6.45, 7) is 5.68. The van der Waals surface area contributed by atoms with Crippen molar-refractivity contribution in [1.82, 2.24) is 5.32 Å². The minimum absolute atomic E-state index is 0.318. The van der Waals surface area contributed by atoms with Gasteiger partial charge in [0.15, 0.2) is 0 Å². The molecule has 4 heteroatoms. The van der Waals surface area contributed by atoms with Gasteiger partial charge in [0.25, 0.3) is 0 Å². The van der Waals surface area contributed by atoms with E-state index >= 15 is 0 Å². The van der Waals surface area contributed by atoms with Gasteiger partial charge < -0.3 is 10.1 Å². The van der Waals surface area contributed by atoms with Gasteiger partial charge >= 0.3 is 0 Å². The van der Waals surface area contributed by atoms with Crippen LogP contribution in [-0.2, 0) is 6.54 Å². The average molecular weight is 308 g/mol. The first kappa shape index (κ1) is 15.8. The molecule has 0 amide bonds. The van der Waals surface area contributed by atoms with Crippen LogP contribution in [0, 0.1) is 12.7 Å². The second-order valence-electron chi connectivity index (χ2n) is 4.94. The van der Waals surface area contributed by atoms with Crippen LogP contribution in [0.1, 0.15) is 24.5 Å². The van der Waals surface area contributed by atoms with Crippen molar-refractivity contribution >= 4 is 11.6 Å². The first-order chi connectivity index (χ1) is 10.1. The van der Waals surface area contributed by atoms with Gasteiger partial charge in [0.05, 0.1) is 0 Å². The molecule has 2 rings (SSSR count). The predicted molar refractivity (Wildman–Crippen MR) is 84.7 cm³/mol. The Kier molecular flexibility index (Phi) is 5.59. The molecule has 0 saturated heterocycles. The molecule has 112 valence electrons. The number of aryl methyl sites for hydroxylation is 1. The molecule has 0 atom stereocenters. The Labute approximate surface area is 129 Å². The molecule has 0 aliphatic carbocycles. The molecule has 1 N–H and O–H groups in total. The Morgan fingerprint density at radius 1 is 1.19 bits per heavy atom. The van der Waals surface area contributed by atoms with Gasteiger partial charge in [-0.3, -0.25) is 0 Å². The van der Waals surface area contributed by atoms with Crippen LogP contribution in [0.2, 0.25) is 5.02 Å². The minimum Gasteiger partial charge on any atom is -0.457 e. The lowest BCUT2D eigenvalue weighted by Crippen LogP contribution is -2.13. The van der Waals surface area contributed by atoms with Crippen LogP contribution in [0.3, 0.4) is 0 Å². The van der Waals surface area contributed by atoms with Crippen molar-refractivity contribution < 1.29 is 9.13 Å². The van der Waals surface area contributed by atoms with Gasteiger partial charge in [-0.2, -0.15) is 0 Å². The topological polar surface area (TPSA) is 21.3 Å². The summed E-state index contributed by atoms with van der Waals surface area (Å²) in [4.78, 5) is 0. The monoisotopic (exact) mass is 307 g/mol. The number of hydrogen-bond donors (Lipinski definition) is 1. The predicted octanol–water partition coefficient (Wildman–Crippen LogP) is 5.08. The summed E-state index contributed by atoms with van der Waals surface area (Å²) < 4.78 is 19.0. The Hall–Kier alpha value is -1.58. The lowest BCUT2D eigenvalue weighted by molar-refractivity contribution is 0.472. The maximum Gasteiger partial charge on any atom is 0.133 e. The van der Waals surface area contributed by atoms with E-state index in [2.05, 4.69) is 12.2 Å². The Morgan fingerprint density at radius 2 is 2.00 bits per heavy atom. The fourth-order valence-corrected chi connectivity index (χ4v) is 2.18. The van der Waals surface area contributed by atoms with Gasteiger partial charge in [0.2, 0.25) is 0 Å². The third-order valence-electron chi connectivity index (χ3n) is 3.14. The highest BCUT2D eigenvalue weighted by atomic mass is 35.5. The summed E-state index contributed by atoms with van der Waals surface area (Å²) in [6, 6.07) is 10.0. The number of hydrogen-bond acceptors (Lipinski definition) is 2. The fraction of sp³-hybridized carbons (Fsp3) is 0.294. The number of benzene rings is 2. The van der Waals surface area contributed by atoms with Crippen molar-refractivity contribution in [1.29, 1.82) is 0 Å². The van der Waals surface area contributed by atoms with E-state index < -0.39 is 0 Å². The molecule has 0 bridgehead atoms. The first-order valence-electron chi connectivity index (χ1n) is 7.03. The van der Waals surface area contributed by atoms with Gasteiger partial charge in [-0.1, -0.05) is 30.7 Å². The third kappa shape index (κ3) is 4.45. The molecule has 0 unspecified atom stereocenters. The van der Waals surface area contributed by atoms with Gasteiger partial charge in [-0.05, 0) is 49.2 Å². The van der Waals surface area contributed by atoms with Crippen molar-refractivity contribution in [2.75, 3.05) is 6.54 Å². The summed E-state index contributed by atoms with van der Waals surface area (Å²) in [6.07, 6.45) is 1.08. The molecular weight excluding hydrogens is 289 g/mol. The lowest BCUT2D eigenvalue weighted by atomic mass is 10.2. The molecule has 2 aromatic carbocycles. The summed E-state index contributed by atoms with van der Waals surface area (Å²) in [5.41, 5.74) is 1.90. The van der Waals surface area contributed by atoms with Gasteiger partial charge in [0, 0.05) is 17.6 Å². The van der Waals surface area contributed by atoms with E-state index in [4.69, 9.17) is 16.3 Å². The van der Waals surface area contributed by atoms with Crippen LogP contribution in [0.5, 0.6) is 11.5 Å². The summed E-state index contributed by atoms with van der Waals surface area (Å²) >= 11 is 6.25. The first-order valence-corrected chi connectivity index (χ1v) is 7.41. The number of ether oxygens (including phenoxy) is 1. The van der Waals surface area contributed by atoms with Crippen molar-refractivity contribution in [3.63, 3.8) is 0 Å². The van der Waals surface area contributed by atoms with E-state index in [9.17, 15) is 4.39 Å². The summed E-state index contributed by atoms with van der Waals surface area (Å²) in [5.74, 6) is 0.790. The SMILES string of the molecule is CCCNCc1ccc(Oc2cc(F)ccc2C)cc1Cl. The van der Waals surface area contributed by atoms with Gasteiger partial charge in [-0.15, -0.1) is 0 Å². The fourth-order valence-electron chi connectivity index (χ4n) is 1.95. The second-order valence-corrected chi connectivity index (χ2v) is 5.35. The molecule has 21 heavy (non-hydrogen) atoms. The van der Waals surface area contributed by atoms with E-state index in [1.54, 1.807) is 12.1 Å². The van der Waals surface area contributed by atoms with E-state index in [0.717, 1.165) is 30.6 Å². The van der Waals surface area contributed by atoms with Gasteiger partial charge in [-0.25, -0.2) is 4.39 Å². The highest BCUT2D eigenvalue weighted by molar-refractivity contribution is 6.31. The van der Waals surface area contributed by atoms with Crippen LogP contribution in [0.4, 0.5) is 4.39 Å². The van der Waals surface area contributed by atoms with E-state index in [-0.39, 0.29) is 5.82 Å². The lowest BCUT2D eigenvalue weighted by Gasteiger charge is -2.11. The van der Waals surface area contributed by atoms with Crippen LogP contribution in [-0.4, -0.2) is 6.54 Å². The Morgan fingerprint density at radius 3 is 2.71 bits per heavy atom. The molecular formula is C17H19ClFNO. The molecule has 0 radical (unpaired) electrons. The Bertz CT molecular complexity index is 616. The quantitative estimate of drug-likeness (QED) is 0.751. The largest absolute Gasteiger partial charge is 0.457 e. The number of nitrogens with one attached hydrogen (secondary N) is 1. The van der Waals surface area contributed by atoms with Crippen molar-refractivity contribution in [2.45, 2.75) is 26.8 Å². The summed E-state index contributed by atoms with van der Waals surface area (Å²) in [7, 11) is 0. The highest BCUT2D eigenvalue weighted by Gasteiger charge is 2.06. The summed E-state index contributed by atoms with van der Waals surface area (Å²) in [5, 5.41) is 3.95.